The van der Waals surface area contributed by atoms with Gasteiger partial charge in [-0.2, -0.15) is 10.4 Å². The number of Topliss-reactive ketones (excluding diaryl/α,β-unsaturated/α-hetero) is 1. The van der Waals surface area contributed by atoms with Gasteiger partial charge in [0.1, 0.15) is 6.07 Å². The van der Waals surface area contributed by atoms with Gasteiger partial charge in [-0.1, -0.05) is 13.3 Å². The number of fused-ring (bicyclic) bond motifs is 5. The molecule has 4 aliphatic carbocycles. The highest BCUT2D eigenvalue weighted by molar-refractivity contribution is 5.81. The minimum atomic E-state index is 0.227. The first kappa shape index (κ1) is 18.4. The van der Waals surface area contributed by atoms with E-state index in [1.54, 1.807) is 17.1 Å². The van der Waals surface area contributed by atoms with Gasteiger partial charge in [-0.3, -0.25) is 9.48 Å². The van der Waals surface area contributed by atoms with Crippen LogP contribution in [0.25, 0.3) is 0 Å². The van der Waals surface area contributed by atoms with Crippen molar-refractivity contribution in [1.29, 1.82) is 5.26 Å². The Balaban J connectivity index is 1.26. The summed E-state index contributed by atoms with van der Waals surface area (Å²) in [4.78, 5) is 13.0. The van der Waals surface area contributed by atoms with Crippen molar-refractivity contribution in [2.75, 3.05) is 0 Å². The molecule has 0 radical (unpaired) electrons. The summed E-state index contributed by atoms with van der Waals surface area (Å²) in [5.74, 6) is 6.73. The molecule has 0 bridgehead atoms. The number of carbonyl (C=O) groups is 1. The van der Waals surface area contributed by atoms with Crippen LogP contribution in [0.3, 0.4) is 0 Å². The molecular formula is C24H33N3O. The third-order valence-corrected chi connectivity index (χ3v) is 9.03. The molecule has 8 atom stereocenters. The molecule has 4 fully saturated rings. The third-order valence-electron chi connectivity index (χ3n) is 9.03. The number of rotatable bonds is 3. The SMILES string of the molecule is CC1CCC2C(CCC3C2CCC2C3CC[C@@H]2C(=O)Cn2cc(C#N)cn2)C1. The van der Waals surface area contributed by atoms with Crippen molar-refractivity contribution in [3.63, 3.8) is 0 Å². The summed E-state index contributed by atoms with van der Waals surface area (Å²) in [6.45, 7) is 2.79. The summed E-state index contributed by atoms with van der Waals surface area (Å²) in [5, 5.41) is 13.2. The molecule has 4 heteroatoms. The van der Waals surface area contributed by atoms with Crippen LogP contribution in [-0.2, 0) is 11.3 Å². The molecule has 7 unspecified atom stereocenters. The van der Waals surface area contributed by atoms with Crippen LogP contribution in [0, 0.1) is 58.7 Å². The normalized spacial score (nSPS) is 42.1. The van der Waals surface area contributed by atoms with Crippen LogP contribution in [0.15, 0.2) is 12.4 Å². The monoisotopic (exact) mass is 379 g/mol. The molecule has 0 aliphatic heterocycles. The van der Waals surface area contributed by atoms with E-state index in [1.165, 1.54) is 51.4 Å². The van der Waals surface area contributed by atoms with Gasteiger partial charge in [0.25, 0.3) is 0 Å². The van der Waals surface area contributed by atoms with Crippen molar-refractivity contribution in [3.8, 4) is 6.07 Å². The van der Waals surface area contributed by atoms with Gasteiger partial charge in [0.2, 0.25) is 0 Å². The fourth-order valence-electron chi connectivity index (χ4n) is 7.93. The number of nitrogens with zero attached hydrogens (tertiary/aromatic N) is 3. The van der Waals surface area contributed by atoms with E-state index in [0.717, 1.165) is 41.9 Å². The lowest BCUT2D eigenvalue weighted by Crippen LogP contribution is -2.45. The van der Waals surface area contributed by atoms with E-state index >= 15 is 0 Å². The number of nitriles is 1. The second-order valence-corrected chi connectivity index (χ2v) is 10.3. The lowest BCUT2D eigenvalue weighted by atomic mass is 9.52. The summed E-state index contributed by atoms with van der Waals surface area (Å²) in [7, 11) is 0. The molecule has 4 aliphatic rings. The van der Waals surface area contributed by atoms with Crippen LogP contribution in [0.1, 0.15) is 70.3 Å². The van der Waals surface area contributed by atoms with E-state index in [-0.39, 0.29) is 5.92 Å². The third kappa shape index (κ3) is 3.11. The van der Waals surface area contributed by atoms with Gasteiger partial charge in [-0.25, -0.2) is 0 Å². The summed E-state index contributed by atoms with van der Waals surface area (Å²) < 4.78 is 1.66. The van der Waals surface area contributed by atoms with Crippen molar-refractivity contribution in [2.45, 2.75) is 71.3 Å². The Morgan fingerprint density at radius 2 is 1.71 bits per heavy atom. The molecule has 1 aromatic rings. The standard InChI is InChI=1S/C24H33N3O/c1-15-2-4-18-17(10-15)3-5-20-19(18)6-7-22-21(20)8-9-23(22)24(28)14-27-13-16(11-25)12-26-27/h12-13,15,17-23H,2-10,14H2,1H3/t15?,17?,18?,19?,20?,21?,22?,23-/m0/s1. The van der Waals surface area contributed by atoms with Gasteiger partial charge in [-0.15, -0.1) is 0 Å². The van der Waals surface area contributed by atoms with Crippen molar-refractivity contribution < 1.29 is 4.79 Å². The molecule has 150 valence electrons. The van der Waals surface area contributed by atoms with E-state index in [2.05, 4.69) is 18.1 Å². The summed E-state index contributed by atoms with van der Waals surface area (Å²) in [5.41, 5.74) is 0.538. The Labute approximate surface area is 168 Å². The average molecular weight is 380 g/mol. The van der Waals surface area contributed by atoms with Crippen LogP contribution in [-0.4, -0.2) is 15.6 Å². The quantitative estimate of drug-likeness (QED) is 0.755. The topological polar surface area (TPSA) is 58.7 Å². The molecule has 1 heterocycles. The zero-order chi connectivity index (χ0) is 19.3. The van der Waals surface area contributed by atoms with Crippen LogP contribution >= 0.6 is 0 Å². The smallest absolute Gasteiger partial charge is 0.157 e. The van der Waals surface area contributed by atoms with Crippen LogP contribution < -0.4 is 0 Å². The molecule has 0 aromatic carbocycles. The first-order valence-corrected chi connectivity index (χ1v) is 11.6. The fourth-order valence-corrected chi connectivity index (χ4v) is 7.93. The minimum absolute atomic E-state index is 0.227. The van der Waals surface area contributed by atoms with E-state index < -0.39 is 0 Å². The van der Waals surface area contributed by atoms with E-state index in [4.69, 9.17) is 5.26 Å². The molecule has 4 saturated carbocycles. The van der Waals surface area contributed by atoms with Gasteiger partial charge < -0.3 is 0 Å². The molecule has 0 saturated heterocycles. The van der Waals surface area contributed by atoms with E-state index in [1.807, 2.05) is 0 Å². The highest BCUT2D eigenvalue weighted by atomic mass is 16.1. The molecule has 28 heavy (non-hydrogen) atoms. The van der Waals surface area contributed by atoms with Crippen LogP contribution in [0.2, 0.25) is 0 Å². The van der Waals surface area contributed by atoms with Crippen LogP contribution in [0.4, 0.5) is 0 Å². The van der Waals surface area contributed by atoms with Crippen molar-refractivity contribution in [3.05, 3.63) is 18.0 Å². The van der Waals surface area contributed by atoms with E-state index in [9.17, 15) is 4.79 Å². The number of hydrogen-bond donors (Lipinski definition) is 0. The Bertz CT molecular complexity index is 777. The second-order valence-electron chi connectivity index (χ2n) is 10.3. The largest absolute Gasteiger partial charge is 0.297 e. The molecule has 0 spiro atoms. The van der Waals surface area contributed by atoms with Gasteiger partial charge in [-0.05, 0) is 92.8 Å². The predicted octanol–water partition coefficient (Wildman–Crippen LogP) is 4.84. The Morgan fingerprint density at radius 1 is 1.04 bits per heavy atom. The molecular weight excluding hydrogens is 346 g/mol. The Kier molecular flexibility index (Phi) is 4.81. The lowest BCUT2D eigenvalue weighted by Gasteiger charge is -2.53. The average Bonchev–Trinajstić information content (AvgIpc) is 3.33. The maximum Gasteiger partial charge on any atom is 0.157 e. The molecule has 1 aromatic heterocycles. The Hall–Kier alpha value is -1.63. The van der Waals surface area contributed by atoms with E-state index in [0.29, 0.717) is 23.8 Å². The summed E-state index contributed by atoms with van der Waals surface area (Å²) >= 11 is 0. The number of hydrogen-bond acceptors (Lipinski definition) is 3. The molecule has 4 nitrogen and oxygen atoms in total. The van der Waals surface area contributed by atoms with Crippen molar-refractivity contribution in [1.82, 2.24) is 9.78 Å². The number of ketones is 1. The number of aromatic nitrogens is 2. The summed E-state index contributed by atoms with van der Waals surface area (Å²) in [6.07, 6.45) is 15.5. The van der Waals surface area contributed by atoms with Gasteiger partial charge in [0.05, 0.1) is 18.3 Å². The van der Waals surface area contributed by atoms with Gasteiger partial charge in [0, 0.05) is 12.1 Å². The van der Waals surface area contributed by atoms with Gasteiger partial charge >= 0.3 is 0 Å². The lowest BCUT2D eigenvalue weighted by molar-refractivity contribution is -0.126. The highest BCUT2D eigenvalue weighted by Crippen LogP contribution is 2.59. The maximum atomic E-state index is 13.0. The second kappa shape index (κ2) is 7.32. The number of carbonyl (C=O) groups excluding carboxylic acids is 1. The maximum absolute atomic E-state index is 13.0. The minimum Gasteiger partial charge on any atom is -0.297 e. The first-order valence-electron chi connectivity index (χ1n) is 11.6. The molecule has 0 amide bonds. The van der Waals surface area contributed by atoms with Crippen molar-refractivity contribution >= 4 is 5.78 Å². The Morgan fingerprint density at radius 3 is 2.54 bits per heavy atom. The predicted molar refractivity (Wildman–Crippen MR) is 107 cm³/mol. The van der Waals surface area contributed by atoms with Crippen molar-refractivity contribution in [2.24, 2.45) is 47.3 Å². The van der Waals surface area contributed by atoms with Gasteiger partial charge in [0.15, 0.2) is 5.78 Å². The zero-order valence-electron chi connectivity index (χ0n) is 17.1. The van der Waals surface area contributed by atoms with Crippen LogP contribution in [0.5, 0.6) is 0 Å². The first-order chi connectivity index (χ1) is 13.6. The zero-order valence-corrected chi connectivity index (χ0v) is 17.1. The molecule has 5 rings (SSSR count). The summed E-state index contributed by atoms with van der Waals surface area (Å²) in [6, 6.07) is 2.10. The highest BCUT2D eigenvalue weighted by Gasteiger charge is 2.52. The molecule has 0 N–H and O–H groups in total. The fraction of sp³-hybridized carbons (Fsp3) is 0.792.